The van der Waals surface area contributed by atoms with Crippen molar-refractivity contribution in [3.8, 4) is 17.4 Å². The smallest absolute Gasteiger partial charge is 0.210 e. The third kappa shape index (κ3) is 13.8. The molecule has 0 unspecified atom stereocenters. The maximum Gasteiger partial charge on any atom is 0.210 e. The first-order valence-electron chi connectivity index (χ1n) is 12.5. The third-order valence-corrected chi connectivity index (χ3v) is 5.40. The molecule has 0 aliphatic heterocycles. The molecule has 2 heterocycles. The van der Waals surface area contributed by atoms with Crippen LogP contribution in [0.25, 0.3) is 0 Å². The van der Waals surface area contributed by atoms with E-state index in [-0.39, 0.29) is 20.6 Å². The van der Waals surface area contributed by atoms with E-state index in [2.05, 4.69) is 30.2 Å². The van der Waals surface area contributed by atoms with Crippen LogP contribution in [0.2, 0.25) is 0 Å². The molecule has 40 heavy (non-hydrogen) atoms. The number of imidazole rings is 2. The molecule has 11 nitrogen and oxygen atoms in total. The number of nitrogens with zero attached hydrogens (tertiary/aromatic N) is 3. The summed E-state index contributed by atoms with van der Waals surface area (Å²) < 4.78 is 14.9. The molecular formula is C29H44N6O5. The molecule has 0 aliphatic carbocycles. The first kappa shape index (κ1) is 34.1. The van der Waals surface area contributed by atoms with E-state index in [1.807, 2.05) is 48.5 Å². The number of aromatic amines is 2. The first-order chi connectivity index (χ1) is 19.1. The van der Waals surface area contributed by atoms with Gasteiger partial charge >= 0.3 is 0 Å². The normalized spacial score (nSPS) is 9.95. The monoisotopic (exact) mass is 556 g/mol. The Hall–Kier alpha value is -3.90. The zero-order valence-corrected chi connectivity index (χ0v) is 22.8. The quantitative estimate of drug-likeness (QED) is 0.157. The van der Waals surface area contributed by atoms with Gasteiger partial charge < -0.3 is 39.7 Å². The van der Waals surface area contributed by atoms with Crippen LogP contribution in [0.3, 0.4) is 0 Å². The summed E-state index contributed by atoms with van der Waals surface area (Å²) >= 11 is 0. The van der Waals surface area contributed by atoms with Crippen molar-refractivity contribution in [1.29, 1.82) is 0 Å². The van der Waals surface area contributed by atoms with E-state index in [9.17, 15) is 0 Å². The molecule has 4 aromatic rings. The van der Waals surface area contributed by atoms with E-state index >= 15 is 0 Å². The minimum Gasteiger partial charge on any atom is -0.497 e. The Morgan fingerprint density at radius 1 is 0.750 bits per heavy atom. The SMILES string of the molecule is C.COc1ccc(CN(CCO)Cc2cnc[nH]2)cc1.COc1ccc(CNCCO)cc1.COc1cnc[nH]1. The number of hydrogen-bond acceptors (Lipinski definition) is 9. The number of H-pyrrole nitrogens is 2. The Bertz CT molecular complexity index is 1090. The average molecular weight is 557 g/mol. The second-order valence-corrected chi connectivity index (χ2v) is 8.23. The molecule has 0 atom stereocenters. The zero-order chi connectivity index (χ0) is 28.1. The first-order valence-corrected chi connectivity index (χ1v) is 12.5. The highest BCUT2D eigenvalue weighted by Crippen LogP contribution is 2.14. The molecule has 0 bridgehead atoms. The van der Waals surface area contributed by atoms with Gasteiger partial charge in [-0.15, -0.1) is 0 Å². The third-order valence-electron chi connectivity index (χ3n) is 5.40. The fourth-order valence-corrected chi connectivity index (χ4v) is 3.37. The van der Waals surface area contributed by atoms with Crippen LogP contribution in [0, 0.1) is 0 Å². The van der Waals surface area contributed by atoms with Crippen molar-refractivity contribution in [2.24, 2.45) is 0 Å². The Kier molecular flexibility index (Phi) is 17.9. The van der Waals surface area contributed by atoms with Gasteiger partial charge in [0.2, 0.25) is 5.88 Å². The van der Waals surface area contributed by atoms with E-state index in [1.165, 1.54) is 11.1 Å². The van der Waals surface area contributed by atoms with Gasteiger partial charge in [-0.25, -0.2) is 9.97 Å². The van der Waals surface area contributed by atoms with E-state index in [0.29, 0.717) is 19.0 Å². The molecular weight excluding hydrogens is 512 g/mol. The fraction of sp³-hybridized carbons (Fsp3) is 0.379. The summed E-state index contributed by atoms with van der Waals surface area (Å²) in [6.45, 7) is 3.89. The lowest BCUT2D eigenvalue weighted by atomic mass is 10.2. The van der Waals surface area contributed by atoms with Crippen LogP contribution in [0.15, 0.2) is 73.6 Å². The largest absolute Gasteiger partial charge is 0.497 e. The van der Waals surface area contributed by atoms with Crippen molar-refractivity contribution < 1.29 is 24.4 Å². The van der Waals surface area contributed by atoms with Gasteiger partial charge in [-0.2, -0.15) is 0 Å². The van der Waals surface area contributed by atoms with Crippen molar-refractivity contribution >= 4 is 0 Å². The zero-order valence-electron chi connectivity index (χ0n) is 22.8. The van der Waals surface area contributed by atoms with Gasteiger partial charge in [0, 0.05) is 44.6 Å². The highest BCUT2D eigenvalue weighted by molar-refractivity contribution is 5.27. The summed E-state index contributed by atoms with van der Waals surface area (Å²) in [5.74, 6) is 2.41. The molecule has 220 valence electrons. The number of methoxy groups -OCH3 is 3. The Morgan fingerprint density at radius 2 is 1.35 bits per heavy atom. The minimum atomic E-state index is 0. The lowest BCUT2D eigenvalue weighted by Gasteiger charge is -2.20. The fourth-order valence-electron chi connectivity index (χ4n) is 3.37. The van der Waals surface area contributed by atoms with Gasteiger partial charge in [-0.3, -0.25) is 4.90 Å². The highest BCUT2D eigenvalue weighted by Gasteiger charge is 2.07. The number of aliphatic hydroxyl groups excluding tert-OH is 2. The predicted octanol–water partition coefficient (Wildman–Crippen LogP) is 3.24. The molecule has 0 saturated heterocycles. The Labute approximate surface area is 237 Å². The van der Waals surface area contributed by atoms with E-state index in [4.69, 9.17) is 24.4 Å². The van der Waals surface area contributed by atoms with Crippen LogP contribution < -0.4 is 19.5 Å². The lowest BCUT2D eigenvalue weighted by molar-refractivity contribution is 0.183. The minimum absolute atomic E-state index is 0. The topological polar surface area (TPSA) is 141 Å². The van der Waals surface area contributed by atoms with Crippen molar-refractivity contribution in [3.05, 3.63) is 90.4 Å². The van der Waals surface area contributed by atoms with Crippen LogP contribution >= 0.6 is 0 Å². The molecule has 0 radical (unpaired) electrons. The lowest BCUT2D eigenvalue weighted by Crippen LogP contribution is -2.26. The molecule has 0 aliphatic rings. The van der Waals surface area contributed by atoms with Crippen LogP contribution in [0.5, 0.6) is 17.4 Å². The van der Waals surface area contributed by atoms with Gasteiger partial charge in [0.05, 0.1) is 53.4 Å². The van der Waals surface area contributed by atoms with E-state index in [0.717, 1.165) is 36.8 Å². The van der Waals surface area contributed by atoms with Crippen molar-refractivity contribution in [2.45, 2.75) is 27.1 Å². The van der Waals surface area contributed by atoms with E-state index in [1.54, 1.807) is 46.4 Å². The Balaban J connectivity index is 0.000000329. The molecule has 4 rings (SSSR count). The highest BCUT2D eigenvalue weighted by atomic mass is 16.5. The molecule has 2 aromatic carbocycles. The molecule has 0 fully saturated rings. The predicted molar refractivity (Wildman–Crippen MR) is 156 cm³/mol. The summed E-state index contributed by atoms with van der Waals surface area (Å²) in [4.78, 5) is 15.7. The number of benzene rings is 2. The summed E-state index contributed by atoms with van der Waals surface area (Å²) in [6.07, 6.45) is 6.65. The van der Waals surface area contributed by atoms with Gasteiger partial charge in [-0.05, 0) is 35.4 Å². The summed E-state index contributed by atoms with van der Waals surface area (Å²) in [7, 11) is 4.90. The number of aromatic nitrogens is 4. The number of aliphatic hydroxyl groups is 2. The summed E-state index contributed by atoms with van der Waals surface area (Å²) in [6, 6.07) is 15.8. The Morgan fingerprint density at radius 3 is 1.80 bits per heavy atom. The molecule has 0 saturated carbocycles. The van der Waals surface area contributed by atoms with Crippen molar-refractivity contribution in [2.75, 3.05) is 47.6 Å². The maximum atomic E-state index is 9.14. The van der Waals surface area contributed by atoms with E-state index < -0.39 is 0 Å². The summed E-state index contributed by atoms with van der Waals surface area (Å²) in [5.41, 5.74) is 3.42. The maximum absolute atomic E-state index is 9.14. The standard InChI is InChI=1S/C14H19N3O2.C10H15NO2.C4H6N2O.CH4/c1-19-14-4-2-12(3-5-14)9-17(6-7-18)10-13-8-15-11-16-13;1-13-10-4-2-9(3-5-10)8-11-6-7-12;1-7-4-2-5-3-6-4;/h2-5,8,11,18H,6-7,9-10H2,1H3,(H,15,16);2-5,11-12H,6-8H2,1H3;2-3H,1H3,(H,5,6);1H4. The van der Waals surface area contributed by atoms with Crippen LogP contribution in [-0.2, 0) is 19.6 Å². The number of hydrogen-bond donors (Lipinski definition) is 5. The van der Waals surface area contributed by atoms with Crippen molar-refractivity contribution in [1.82, 2.24) is 30.2 Å². The van der Waals surface area contributed by atoms with Gasteiger partial charge in [0.15, 0.2) is 0 Å². The number of rotatable bonds is 13. The van der Waals surface area contributed by atoms with Gasteiger partial charge in [0.25, 0.3) is 0 Å². The van der Waals surface area contributed by atoms with Crippen molar-refractivity contribution in [3.63, 3.8) is 0 Å². The van der Waals surface area contributed by atoms with Crippen LogP contribution in [0.1, 0.15) is 24.2 Å². The number of nitrogens with one attached hydrogen (secondary N) is 3. The van der Waals surface area contributed by atoms with Crippen LogP contribution in [0.4, 0.5) is 0 Å². The second-order valence-electron chi connectivity index (χ2n) is 8.23. The second kappa shape index (κ2) is 21.0. The molecule has 11 heteroatoms. The van der Waals surface area contributed by atoms with Gasteiger partial charge in [0.1, 0.15) is 11.5 Å². The molecule has 0 spiro atoms. The van der Waals surface area contributed by atoms with Gasteiger partial charge in [-0.1, -0.05) is 31.7 Å². The molecule has 2 aromatic heterocycles. The number of ether oxygens (including phenoxy) is 3. The molecule has 0 amide bonds. The molecule has 5 N–H and O–H groups in total. The average Bonchev–Trinajstić information content (AvgIpc) is 3.70. The van der Waals surface area contributed by atoms with Crippen LogP contribution in [-0.4, -0.2) is 82.7 Å². The summed E-state index contributed by atoms with van der Waals surface area (Å²) in [5, 5.41) is 20.8.